The molecular weight excluding hydrogens is 264 g/mol. The summed E-state index contributed by atoms with van der Waals surface area (Å²) in [5.74, 6) is 1.09. The summed E-state index contributed by atoms with van der Waals surface area (Å²) >= 11 is 0. The minimum absolute atomic E-state index is 0.538. The Labute approximate surface area is 128 Å². The summed E-state index contributed by atoms with van der Waals surface area (Å²) in [4.78, 5) is 0. The van der Waals surface area contributed by atoms with E-state index in [1.165, 1.54) is 0 Å². The highest BCUT2D eigenvalue weighted by Gasteiger charge is 2.20. The number of nitrogens with one attached hydrogen (secondary N) is 1. The zero-order valence-corrected chi connectivity index (χ0v) is 14.0. The van der Waals surface area contributed by atoms with E-state index in [9.17, 15) is 5.11 Å². The smallest absolute Gasteiger partial charge is 0.178 e. The molecule has 0 aliphatic heterocycles. The van der Waals surface area contributed by atoms with Gasteiger partial charge in [0.1, 0.15) is 11.4 Å². The Morgan fingerprint density at radius 3 is 2.52 bits per heavy atom. The van der Waals surface area contributed by atoms with Gasteiger partial charge >= 0.3 is 0 Å². The van der Waals surface area contributed by atoms with Crippen LogP contribution in [0.2, 0.25) is 0 Å². The van der Waals surface area contributed by atoms with Crippen LogP contribution in [0, 0.1) is 0 Å². The molecular formula is C17H28N2O2. The minimum atomic E-state index is -0.677. The summed E-state index contributed by atoms with van der Waals surface area (Å²) < 4.78 is 5.62. The Morgan fingerprint density at radius 1 is 1.48 bits per heavy atom. The van der Waals surface area contributed by atoms with Gasteiger partial charge in [-0.1, -0.05) is 45.6 Å². The standard InChI is InChI=1S/C15H22N2O2.C2H6/c1-6-8-9-12(7-2)14-15(19-10(3)4)13(11(5)18)16-17-14;1-2/h7-9,11,18H,3,6H2,1-2,4-5H3,(H,16,17);1-2H3/b9-8-,12-7+;. The predicted molar refractivity (Wildman–Crippen MR) is 89.1 cm³/mol. The number of ether oxygens (including phenoxy) is 1. The fraction of sp³-hybridized carbons (Fsp3) is 0.471. The highest BCUT2D eigenvalue weighted by atomic mass is 16.5. The van der Waals surface area contributed by atoms with Crippen molar-refractivity contribution in [2.24, 2.45) is 0 Å². The first-order valence-electron chi connectivity index (χ1n) is 7.44. The van der Waals surface area contributed by atoms with E-state index >= 15 is 0 Å². The molecule has 0 aliphatic rings. The molecule has 2 N–H and O–H groups in total. The summed E-state index contributed by atoms with van der Waals surface area (Å²) in [6, 6.07) is 0. The molecule has 21 heavy (non-hydrogen) atoms. The maximum Gasteiger partial charge on any atom is 0.178 e. The molecule has 0 aliphatic carbocycles. The fourth-order valence-corrected chi connectivity index (χ4v) is 1.66. The first kappa shape index (κ1) is 19.2. The SMILES string of the molecule is C=C(C)Oc1c(C(/C=C\CC)=C/C)n[nH]c1C(C)O.CC. The Balaban J connectivity index is 0.00000191. The molecule has 0 fully saturated rings. The average Bonchev–Trinajstić information content (AvgIpc) is 2.85. The Bertz CT molecular complexity index is 497. The summed E-state index contributed by atoms with van der Waals surface area (Å²) in [5, 5.41) is 16.8. The van der Waals surface area contributed by atoms with Crippen LogP contribution in [-0.2, 0) is 0 Å². The molecule has 1 unspecified atom stereocenters. The van der Waals surface area contributed by atoms with E-state index in [-0.39, 0.29) is 0 Å². The van der Waals surface area contributed by atoms with E-state index in [4.69, 9.17) is 4.74 Å². The second kappa shape index (κ2) is 10.00. The third-order valence-electron chi connectivity index (χ3n) is 2.56. The summed E-state index contributed by atoms with van der Waals surface area (Å²) in [5.41, 5.74) is 2.19. The van der Waals surface area contributed by atoms with Crippen molar-refractivity contribution < 1.29 is 9.84 Å². The molecule has 0 radical (unpaired) electrons. The Kier molecular flexibility index (Phi) is 9.13. The lowest BCUT2D eigenvalue weighted by atomic mass is 10.1. The van der Waals surface area contributed by atoms with Gasteiger partial charge in [-0.3, -0.25) is 5.10 Å². The number of aliphatic hydroxyl groups excluding tert-OH is 1. The third-order valence-corrected chi connectivity index (χ3v) is 2.56. The molecule has 1 heterocycles. The molecule has 4 heteroatoms. The molecule has 4 nitrogen and oxygen atoms in total. The second-order valence-electron chi connectivity index (χ2n) is 4.35. The van der Waals surface area contributed by atoms with Gasteiger partial charge in [-0.05, 0) is 27.2 Å². The van der Waals surface area contributed by atoms with Crippen molar-refractivity contribution >= 4 is 5.57 Å². The summed E-state index contributed by atoms with van der Waals surface area (Å²) in [7, 11) is 0. The van der Waals surface area contributed by atoms with Crippen molar-refractivity contribution in [3.8, 4) is 5.75 Å². The van der Waals surface area contributed by atoms with Crippen LogP contribution in [0.25, 0.3) is 5.57 Å². The molecule has 0 amide bonds. The first-order chi connectivity index (χ1) is 10.0. The van der Waals surface area contributed by atoms with Crippen molar-refractivity contribution in [3.05, 3.63) is 42.0 Å². The predicted octanol–water partition coefficient (Wildman–Crippen LogP) is 4.77. The lowest BCUT2D eigenvalue weighted by Crippen LogP contribution is -1.98. The molecule has 1 aromatic rings. The molecule has 0 spiro atoms. The number of hydrogen-bond donors (Lipinski definition) is 2. The Hall–Kier alpha value is -1.81. The van der Waals surface area contributed by atoms with Crippen LogP contribution in [0.15, 0.2) is 30.6 Å². The number of aliphatic hydroxyl groups is 1. The number of aromatic amines is 1. The van der Waals surface area contributed by atoms with Gasteiger partial charge in [-0.25, -0.2) is 0 Å². The van der Waals surface area contributed by atoms with Gasteiger partial charge in [0, 0.05) is 5.57 Å². The summed E-state index contributed by atoms with van der Waals surface area (Å²) in [6.07, 6.45) is 6.27. The van der Waals surface area contributed by atoms with Gasteiger partial charge in [-0.2, -0.15) is 5.10 Å². The molecule has 118 valence electrons. The normalized spacial score (nSPS) is 12.8. The highest BCUT2D eigenvalue weighted by molar-refractivity contribution is 5.75. The lowest BCUT2D eigenvalue weighted by molar-refractivity contribution is 0.190. The third kappa shape index (κ3) is 5.60. The lowest BCUT2D eigenvalue weighted by Gasteiger charge is -2.09. The second-order valence-corrected chi connectivity index (χ2v) is 4.35. The van der Waals surface area contributed by atoms with Gasteiger partial charge in [0.25, 0.3) is 0 Å². The quantitative estimate of drug-likeness (QED) is 0.586. The van der Waals surface area contributed by atoms with Gasteiger partial charge in [0.15, 0.2) is 5.75 Å². The van der Waals surface area contributed by atoms with Gasteiger partial charge in [0.05, 0.1) is 11.9 Å². The minimum Gasteiger partial charge on any atom is -0.458 e. The van der Waals surface area contributed by atoms with E-state index in [1.54, 1.807) is 13.8 Å². The molecule has 1 rings (SSSR count). The molecule has 1 atom stereocenters. The summed E-state index contributed by atoms with van der Waals surface area (Å²) in [6.45, 7) is 15.2. The highest BCUT2D eigenvalue weighted by Crippen LogP contribution is 2.33. The van der Waals surface area contributed by atoms with Crippen LogP contribution in [0.1, 0.15) is 65.5 Å². The van der Waals surface area contributed by atoms with Crippen LogP contribution >= 0.6 is 0 Å². The van der Waals surface area contributed by atoms with E-state index in [0.29, 0.717) is 22.9 Å². The van der Waals surface area contributed by atoms with Crippen molar-refractivity contribution in [2.75, 3.05) is 0 Å². The van der Waals surface area contributed by atoms with Crippen molar-refractivity contribution in [3.63, 3.8) is 0 Å². The molecule has 0 saturated carbocycles. The number of rotatable bonds is 6. The maximum atomic E-state index is 9.74. The molecule has 0 bridgehead atoms. The van der Waals surface area contributed by atoms with Crippen molar-refractivity contribution in [1.82, 2.24) is 10.2 Å². The van der Waals surface area contributed by atoms with E-state index < -0.39 is 6.10 Å². The number of H-pyrrole nitrogens is 1. The fourth-order valence-electron chi connectivity index (χ4n) is 1.66. The number of nitrogens with zero attached hydrogens (tertiary/aromatic N) is 1. The first-order valence-corrected chi connectivity index (χ1v) is 7.44. The monoisotopic (exact) mass is 292 g/mol. The zero-order chi connectivity index (χ0) is 16.4. The number of allylic oxidation sites excluding steroid dienone is 5. The van der Waals surface area contributed by atoms with Crippen molar-refractivity contribution in [2.45, 2.75) is 54.1 Å². The molecule has 0 saturated heterocycles. The molecule has 0 aromatic carbocycles. The Morgan fingerprint density at radius 2 is 2.10 bits per heavy atom. The van der Waals surface area contributed by atoms with E-state index in [0.717, 1.165) is 12.0 Å². The van der Waals surface area contributed by atoms with Gasteiger partial charge < -0.3 is 9.84 Å². The van der Waals surface area contributed by atoms with Crippen molar-refractivity contribution in [1.29, 1.82) is 0 Å². The van der Waals surface area contributed by atoms with Gasteiger partial charge in [0.2, 0.25) is 0 Å². The van der Waals surface area contributed by atoms with Crippen LogP contribution < -0.4 is 4.74 Å². The van der Waals surface area contributed by atoms with Gasteiger partial charge in [-0.15, -0.1) is 0 Å². The largest absolute Gasteiger partial charge is 0.458 e. The topological polar surface area (TPSA) is 58.1 Å². The van der Waals surface area contributed by atoms with Crippen LogP contribution in [-0.4, -0.2) is 15.3 Å². The van der Waals surface area contributed by atoms with Crippen LogP contribution in [0.5, 0.6) is 5.75 Å². The van der Waals surface area contributed by atoms with Crippen LogP contribution in [0.4, 0.5) is 0 Å². The molecule has 1 aromatic heterocycles. The maximum absolute atomic E-state index is 9.74. The average molecular weight is 292 g/mol. The van der Waals surface area contributed by atoms with Crippen LogP contribution in [0.3, 0.4) is 0 Å². The number of hydrogen-bond acceptors (Lipinski definition) is 3. The zero-order valence-electron chi connectivity index (χ0n) is 14.0. The number of aromatic nitrogens is 2. The van der Waals surface area contributed by atoms with E-state index in [1.807, 2.05) is 32.9 Å². The van der Waals surface area contributed by atoms with E-state index in [2.05, 4.69) is 29.8 Å².